The Labute approximate surface area is 156 Å². The molecule has 26 heavy (non-hydrogen) atoms. The van der Waals surface area contributed by atoms with Crippen LogP contribution in [0.1, 0.15) is 56.8 Å². The number of carbonyl (C=O) groups excluding carboxylic acids is 1. The number of nitrogens with one attached hydrogen (secondary N) is 1. The number of rotatable bonds is 10. The molecule has 0 bridgehead atoms. The number of benzene rings is 2. The lowest BCUT2D eigenvalue weighted by Crippen LogP contribution is -2.12. The summed E-state index contributed by atoms with van der Waals surface area (Å²) in [7, 11) is 0. The second-order valence-electron chi connectivity index (χ2n) is 6.58. The maximum Gasteiger partial charge on any atom is 0.255 e. The van der Waals surface area contributed by atoms with Crippen LogP contribution in [0, 0.1) is 0 Å². The summed E-state index contributed by atoms with van der Waals surface area (Å²) in [5.41, 5.74) is 1.34. The van der Waals surface area contributed by atoms with E-state index in [0.717, 1.165) is 30.2 Å². The van der Waals surface area contributed by atoms with E-state index in [1.54, 1.807) is 12.1 Å². The van der Waals surface area contributed by atoms with Gasteiger partial charge < -0.3 is 14.8 Å². The van der Waals surface area contributed by atoms with Crippen LogP contribution in [0.15, 0.2) is 48.5 Å². The largest absolute Gasteiger partial charge is 0.494 e. The first kappa shape index (κ1) is 19.8. The zero-order chi connectivity index (χ0) is 18.8. The highest BCUT2D eigenvalue weighted by Gasteiger charge is 2.07. The third kappa shape index (κ3) is 6.79. The van der Waals surface area contributed by atoms with Crippen molar-refractivity contribution in [2.24, 2.45) is 0 Å². The molecule has 0 saturated heterocycles. The van der Waals surface area contributed by atoms with Gasteiger partial charge in [0.25, 0.3) is 5.91 Å². The topological polar surface area (TPSA) is 47.6 Å². The van der Waals surface area contributed by atoms with E-state index in [0.29, 0.717) is 5.56 Å². The van der Waals surface area contributed by atoms with Crippen molar-refractivity contribution in [3.8, 4) is 11.5 Å². The Balaban J connectivity index is 1.83. The minimum atomic E-state index is -0.144. The average Bonchev–Trinajstić information content (AvgIpc) is 2.63. The van der Waals surface area contributed by atoms with Crippen LogP contribution in [0.2, 0.25) is 0 Å². The number of hydrogen-bond acceptors (Lipinski definition) is 3. The number of ether oxygens (including phenoxy) is 2. The SMILES string of the molecule is CCCCCCOc1ccc(NC(=O)c2ccc(OC(C)C)cc2)cc1. The third-order valence-corrected chi connectivity index (χ3v) is 3.87. The standard InChI is InChI=1S/C22H29NO3/c1-4-5-6-7-16-25-20-14-10-19(11-15-20)23-22(24)18-8-12-21(13-9-18)26-17(2)3/h8-15,17H,4-7,16H2,1-3H3,(H,23,24). The van der Waals surface area contributed by atoms with Crippen molar-refractivity contribution in [2.45, 2.75) is 52.6 Å². The molecule has 2 aromatic carbocycles. The molecule has 1 N–H and O–H groups in total. The van der Waals surface area contributed by atoms with Crippen LogP contribution < -0.4 is 14.8 Å². The lowest BCUT2D eigenvalue weighted by molar-refractivity contribution is 0.102. The van der Waals surface area contributed by atoms with Gasteiger partial charge in [-0.15, -0.1) is 0 Å². The summed E-state index contributed by atoms with van der Waals surface area (Å²) in [6.45, 7) is 6.87. The summed E-state index contributed by atoms with van der Waals surface area (Å²) < 4.78 is 11.3. The van der Waals surface area contributed by atoms with Gasteiger partial charge in [-0.2, -0.15) is 0 Å². The Kier molecular flexibility index (Phi) is 8.00. The maximum atomic E-state index is 12.3. The van der Waals surface area contributed by atoms with E-state index in [-0.39, 0.29) is 12.0 Å². The summed E-state index contributed by atoms with van der Waals surface area (Å²) in [6, 6.07) is 14.6. The van der Waals surface area contributed by atoms with Crippen LogP contribution in [0.4, 0.5) is 5.69 Å². The third-order valence-electron chi connectivity index (χ3n) is 3.87. The van der Waals surface area contributed by atoms with E-state index in [1.807, 2.05) is 50.2 Å². The first-order valence-electron chi connectivity index (χ1n) is 9.39. The van der Waals surface area contributed by atoms with Crippen molar-refractivity contribution in [1.82, 2.24) is 0 Å². The van der Waals surface area contributed by atoms with Crippen LogP contribution >= 0.6 is 0 Å². The normalized spacial score (nSPS) is 10.6. The molecular formula is C22H29NO3. The highest BCUT2D eigenvalue weighted by Crippen LogP contribution is 2.18. The second-order valence-corrected chi connectivity index (χ2v) is 6.58. The van der Waals surface area contributed by atoms with E-state index in [4.69, 9.17) is 9.47 Å². The molecular weight excluding hydrogens is 326 g/mol. The fraction of sp³-hybridized carbons (Fsp3) is 0.409. The fourth-order valence-corrected chi connectivity index (χ4v) is 2.51. The molecule has 1 amide bonds. The molecule has 0 aliphatic carbocycles. The van der Waals surface area contributed by atoms with Gasteiger partial charge in [0, 0.05) is 11.3 Å². The summed E-state index contributed by atoms with van der Waals surface area (Å²) in [4.78, 5) is 12.3. The Bertz CT molecular complexity index is 663. The molecule has 0 saturated carbocycles. The van der Waals surface area contributed by atoms with Crippen molar-refractivity contribution in [3.05, 3.63) is 54.1 Å². The van der Waals surface area contributed by atoms with Crippen LogP contribution in [0.3, 0.4) is 0 Å². The van der Waals surface area contributed by atoms with Crippen molar-refractivity contribution in [2.75, 3.05) is 11.9 Å². The quantitative estimate of drug-likeness (QED) is 0.557. The molecule has 0 aliphatic rings. The van der Waals surface area contributed by atoms with Gasteiger partial charge in [-0.25, -0.2) is 0 Å². The molecule has 0 fully saturated rings. The molecule has 0 aliphatic heterocycles. The monoisotopic (exact) mass is 355 g/mol. The molecule has 0 heterocycles. The number of unbranched alkanes of at least 4 members (excludes halogenated alkanes) is 3. The van der Waals surface area contributed by atoms with E-state index in [2.05, 4.69) is 12.2 Å². The Morgan fingerprint density at radius 3 is 2.19 bits per heavy atom. The summed E-state index contributed by atoms with van der Waals surface area (Å²) in [5, 5.41) is 2.89. The van der Waals surface area contributed by atoms with E-state index < -0.39 is 0 Å². The van der Waals surface area contributed by atoms with Gasteiger partial charge in [0.05, 0.1) is 12.7 Å². The van der Waals surface area contributed by atoms with Gasteiger partial charge in [0.1, 0.15) is 11.5 Å². The van der Waals surface area contributed by atoms with E-state index in [9.17, 15) is 4.79 Å². The zero-order valence-electron chi connectivity index (χ0n) is 16.0. The molecule has 140 valence electrons. The van der Waals surface area contributed by atoms with Gasteiger partial charge in [0.15, 0.2) is 0 Å². The first-order chi connectivity index (χ1) is 12.6. The summed E-state index contributed by atoms with van der Waals surface area (Å²) in [5.74, 6) is 1.45. The molecule has 2 rings (SSSR count). The molecule has 0 atom stereocenters. The Morgan fingerprint density at radius 2 is 1.58 bits per heavy atom. The van der Waals surface area contributed by atoms with Gasteiger partial charge in [-0.05, 0) is 68.8 Å². The maximum absolute atomic E-state index is 12.3. The summed E-state index contributed by atoms with van der Waals surface area (Å²) >= 11 is 0. The molecule has 4 heteroatoms. The van der Waals surface area contributed by atoms with Gasteiger partial charge >= 0.3 is 0 Å². The first-order valence-corrected chi connectivity index (χ1v) is 9.39. The fourth-order valence-electron chi connectivity index (χ4n) is 2.51. The molecule has 2 aromatic rings. The number of carbonyl (C=O) groups is 1. The predicted molar refractivity (Wildman–Crippen MR) is 106 cm³/mol. The lowest BCUT2D eigenvalue weighted by atomic mass is 10.2. The van der Waals surface area contributed by atoms with Gasteiger partial charge in [-0.1, -0.05) is 26.2 Å². The molecule has 0 radical (unpaired) electrons. The number of anilines is 1. The molecule has 0 spiro atoms. The van der Waals surface area contributed by atoms with E-state index >= 15 is 0 Å². The van der Waals surface area contributed by atoms with Crippen LogP contribution in [0.25, 0.3) is 0 Å². The number of hydrogen-bond donors (Lipinski definition) is 1. The van der Waals surface area contributed by atoms with Gasteiger partial charge in [-0.3, -0.25) is 4.79 Å². The Morgan fingerprint density at radius 1 is 0.923 bits per heavy atom. The average molecular weight is 355 g/mol. The zero-order valence-corrected chi connectivity index (χ0v) is 16.0. The minimum absolute atomic E-state index is 0.113. The van der Waals surface area contributed by atoms with Crippen molar-refractivity contribution >= 4 is 11.6 Å². The van der Waals surface area contributed by atoms with Crippen LogP contribution in [0.5, 0.6) is 11.5 Å². The van der Waals surface area contributed by atoms with Crippen molar-refractivity contribution < 1.29 is 14.3 Å². The minimum Gasteiger partial charge on any atom is -0.494 e. The smallest absolute Gasteiger partial charge is 0.255 e. The highest BCUT2D eigenvalue weighted by molar-refractivity contribution is 6.04. The van der Waals surface area contributed by atoms with Crippen molar-refractivity contribution in [1.29, 1.82) is 0 Å². The van der Waals surface area contributed by atoms with Crippen molar-refractivity contribution in [3.63, 3.8) is 0 Å². The lowest BCUT2D eigenvalue weighted by Gasteiger charge is -2.11. The van der Waals surface area contributed by atoms with Gasteiger partial charge in [0.2, 0.25) is 0 Å². The highest BCUT2D eigenvalue weighted by atomic mass is 16.5. The number of amides is 1. The summed E-state index contributed by atoms with van der Waals surface area (Å²) in [6.07, 6.45) is 4.86. The predicted octanol–water partition coefficient (Wildman–Crippen LogP) is 5.69. The second kappa shape index (κ2) is 10.5. The van der Waals surface area contributed by atoms with Crippen LogP contribution in [-0.2, 0) is 0 Å². The van der Waals surface area contributed by atoms with E-state index in [1.165, 1.54) is 19.3 Å². The molecule has 0 unspecified atom stereocenters. The van der Waals surface area contributed by atoms with Crippen LogP contribution in [-0.4, -0.2) is 18.6 Å². The molecule has 0 aromatic heterocycles. The molecule has 4 nitrogen and oxygen atoms in total. The Hall–Kier alpha value is -2.49.